The number of nitrogens with one attached hydrogen (secondary N) is 2. The van der Waals surface area contributed by atoms with Crippen molar-refractivity contribution >= 4 is 35.4 Å². The molecule has 10 heteroatoms. The summed E-state index contributed by atoms with van der Waals surface area (Å²) in [5.74, 6) is 0.341. The molecule has 1 saturated carbocycles. The predicted octanol–water partition coefficient (Wildman–Crippen LogP) is 5.31. The Balaban J connectivity index is 1.36. The summed E-state index contributed by atoms with van der Waals surface area (Å²) in [5.41, 5.74) is 4.74. The number of hydrazine groups is 1. The monoisotopic (exact) mass is 560 g/mol. The lowest BCUT2D eigenvalue weighted by Gasteiger charge is -2.35. The molecule has 2 N–H and O–H groups in total. The Labute approximate surface area is 242 Å². The van der Waals surface area contributed by atoms with E-state index in [1.165, 1.54) is 12.1 Å². The van der Waals surface area contributed by atoms with Crippen LogP contribution < -0.4 is 10.9 Å². The van der Waals surface area contributed by atoms with Gasteiger partial charge < -0.3 is 19.0 Å². The molecule has 9 nitrogen and oxygen atoms in total. The average molecular weight is 561 g/mol. The maximum Gasteiger partial charge on any atom is 0.494 e. The van der Waals surface area contributed by atoms with Crippen molar-refractivity contribution in [1.82, 2.24) is 20.4 Å². The number of nitrogens with zero attached hydrogens (tertiary/aromatic N) is 2. The van der Waals surface area contributed by atoms with E-state index in [4.69, 9.17) is 19.0 Å². The van der Waals surface area contributed by atoms with Gasteiger partial charge in [-0.1, -0.05) is 43.2 Å². The number of hydrogen-bond donors (Lipinski definition) is 2. The van der Waals surface area contributed by atoms with Gasteiger partial charge >= 0.3 is 13.2 Å². The molecular formula is C31H41BN4O5. The van der Waals surface area contributed by atoms with Gasteiger partial charge in [0.1, 0.15) is 5.82 Å². The van der Waals surface area contributed by atoms with Crippen LogP contribution in [0.1, 0.15) is 79.0 Å². The van der Waals surface area contributed by atoms with Gasteiger partial charge in [0.2, 0.25) is 5.91 Å². The lowest BCUT2D eigenvalue weighted by atomic mass is 9.78. The van der Waals surface area contributed by atoms with Gasteiger partial charge in [-0.3, -0.25) is 4.79 Å². The molecule has 2 fully saturated rings. The van der Waals surface area contributed by atoms with E-state index in [0.29, 0.717) is 0 Å². The quantitative estimate of drug-likeness (QED) is 0.324. The molecule has 218 valence electrons. The highest BCUT2D eigenvalue weighted by Gasteiger charge is 2.51. The molecule has 2 heterocycles. The van der Waals surface area contributed by atoms with Crippen LogP contribution in [-0.2, 0) is 18.8 Å². The summed E-state index contributed by atoms with van der Waals surface area (Å²) in [6.07, 6.45) is 4.78. The van der Waals surface area contributed by atoms with Crippen molar-refractivity contribution in [3.8, 4) is 11.3 Å². The van der Waals surface area contributed by atoms with Crippen molar-refractivity contribution in [3.05, 3.63) is 48.4 Å². The van der Waals surface area contributed by atoms with Crippen LogP contribution >= 0.6 is 0 Å². The van der Waals surface area contributed by atoms with Crippen LogP contribution in [0.5, 0.6) is 0 Å². The molecule has 1 saturated heterocycles. The standard InChI is InChI=1S/C31H41BN4O5/c1-19(2)36(35-29(38)39-7)28(37)25-11-9-8-10-24(25)27-33-18-26(34-27)22-13-12-21-17-23(15-14-20(21)16-22)32-40-30(3,4)31(5,6)41-32/h12-19,24-25H,8-11H2,1-7H3,(H,33,34)(H,35,38)/t24-,25+/m0/s1. The summed E-state index contributed by atoms with van der Waals surface area (Å²) >= 11 is 0. The average Bonchev–Trinajstić information content (AvgIpc) is 3.52. The largest absolute Gasteiger partial charge is 0.494 e. The van der Waals surface area contributed by atoms with Crippen LogP contribution in [0.2, 0.25) is 0 Å². The highest BCUT2D eigenvalue weighted by atomic mass is 16.7. The number of carbonyl (C=O) groups is 2. The van der Waals surface area contributed by atoms with Crippen molar-refractivity contribution in [2.24, 2.45) is 5.92 Å². The fourth-order valence-corrected chi connectivity index (χ4v) is 5.74. The number of benzene rings is 2. The maximum atomic E-state index is 13.6. The molecule has 2 atom stereocenters. The Morgan fingerprint density at radius 3 is 2.39 bits per heavy atom. The van der Waals surface area contributed by atoms with Crippen molar-refractivity contribution in [2.75, 3.05) is 7.11 Å². The van der Waals surface area contributed by atoms with Crippen LogP contribution in [0.3, 0.4) is 0 Å². The van der Waals surface area contributed by atoms with E-state index in [1.807, 2.05) is 20.0 Å². The number of ether oxygens (including phenoxy) is 1. The summed E-state index contributed by atoms with van der Waals surface area (Å²) < 4.78 is 17.2. The van der Waals surface area contributed by atoms with E-state index < -0.39 is 13.2 Å². The zero-order chi connectivity index (χ0) is 29.5. The number of H-pyrrole nitrogens is 1. The van der Waals surface area contributed by atoms with E-state index in [-0.39, 0.29) is 35.0 Å². The van der Waals surface area contributed by atoms with Gasteiger partial charge in [-0.2, -0.15) is 0 Å². The Kier molecular flexibility index (Phi) is 7.91. The van der Waals surface area contributed by atoms with Gasteiger partial charge in [0.15, 0.2) is 0 Å². The van der Waals surface area contributed by atoms with Gasteiger partial charge in [-0.15, -0.1) is 0 Å². The van der Waals surface area contributed by atoms with Gasteiger partial charge in [-0.05, 0) is 76.7 Å². The van der Waals surface area contributed by atoms with Crippen LogP contribution in [-0.4, -0.2) is 58.4 Å². The number of amides is 2. The van der Waals surface area contributed by atoms with Gasteiger partial charge in [0, 0.05) is 23.4 Å². The van der Waals surface area contributed by atoms with Crippen LogP contribution in [0.25, 0.3) is 22.0 Å². The molecule has 1 aliphatic carbocycles. The van der Waals surface area contributed by atoms with Crippen LogP contribution in [0.15, 0.2) is 42.6 Å². The minimum atomic E-state index is -0.654. The minimum Gasteiger partial charge on any atom is -0.452 e. The summed E-state index contributed by atoms with van der Waals surface area (Å²) in [6, 6.07) is 12.4. The molecule has 2 aliphatic rings. The van der Waals surface area contributed by atoms with E-state index in [9.17, 15) is 9.59 Å². The molecule has 2 aromatic carbocycles. The van der Waals surface area contributed by atoms with Gasteiger partial charge in [-0.25, -0.2) is 20.2 Å². The number of hydrogen-bond acceptors (Lipinski definition) is 6. The van der Waals surface area contributed by atoms with E-state index in [0.717, 1.165) is 59.0 Å². The van der Waals surface area contributed by atoms with Crippen molar-refractivity contribution in [3.63, 3.8) is 0 Å². The van der Waals surface area contributed by atoms with Crippen LogP contribution in [0, 0.1) is 5.92 Å². The third kappa shape index (κ3) is 5.72. The molecule has 41 heavy (non-hydrogen) atoms. The van der Waals surface area contributed by atoms with Crippen molar-refractivity contribution in [1.29, 1.82) is 0 Å². The molecule has 3 aromatic rings. The third-order valence-electron chi connectivity index (χ3n) is 8.88. The number of methoxy groups -OCH3 is 1. The SMILES string of the molecule is COC(=O)NN(C(=O)[C@@H]1CCCC[C@@H]1c1ncc(-c2ccc3cc(B4OC(C)(C)C(C)(C)O4)ccc3c2)[nH]1)C(C)C. The summed E-state index contributed by atoms with van der Waals surface area (Å²) in [5, 5.41) is 3.59. The fourth-order valence-electron chi connectivity index (χ4n) is 5.74. The van der Waals surface area contributed by atoms with Crippen molar-refractivity contribution in [2.45, 2.75) is 90.4 Å². The first-order valence-corrected chi connectivity index (χ1v) is 14.5. The number of carbonyl (C=O) groups excluding carboxylic acids is 2. The second kappa shape index (κ2) is 11.1. The van der Waals surface area contributed by atoms with E-state index in [2.05, 4.69) is 74.5 Å². The Morgan fingerprint density at radius 2 is 1.71 bits per heavy atom. The normalized spacial score (nSPS) is 21.7. The highest BCUT2D eigenvalue weighted by molar-refractivity contribution is 6.62. The number of fused-ring (bicyclic) bond motifs is 1. The Bertz CT molecular complexity index is 1420. The summed E-state index contributed by atoms with van der Waals surface area (Å²) in [4.78, 5) is 33.7. The molecule has 5 rings (SSSR count). The third-order valence-corrected chi connectivity index (χ3v) is 8.88. The second-order valence-corrected chi connectivity index (χ2v) is 12.5. The number of aromatic nitrogens is 2. The first-order valence-electron chi connectivity index (χ1n) is 14.5. The molecule has 0 radical (unpaired) electrons. The number of rotatable bonds is 5. The molecule has 0 unspecified atom stereocenters. The molecule has 0 bridgehead atoms. The van der Waals surface area contributed by atoms with Crippen molar-refractivity contribution < 1.29 is 23.6 Å². The summed E-state index contributed by atoms with van der Waals surface area (Å²) in [7, 11) is 0.886. The number of imidazole rings is 1. The number of aromatic amines is 1. The van der Waals surface area contributed by atoms with E-state index in [1.54, 1.807) is 0 Å². The molecule has 0 spiro atoms. The lowest BCUT2D eigenvalue weighted by Crippen LogP contribution is -2.53. The topological polar surface area (TPSA) is 106 Å². The lowest BCUT2D eigenvalue weighted by molar-refractivity contribution is -0.142. The molecular weight excluding hydrogens is 519 g/mol. The fraction of sp³-hybridized carbons (Fsp3) is 0.516. The van der Waals surface area contributed by atoms with Gasteiger partial charge in [0.25, 0.3) is 0 Å². The minimum absolute atomic E-state index is 0.0615. The van der Waals surface area contributed by atoms with E-state index >= 15 is 0 Å². The predicted molar refractivity (Wildman–Crippen MR) is 159 cm³/mol. The van der Waals surface area contributed by atoms with Gasteiger partial charge in [0.05, 0.1) is 30.2 Å². The van der Waals surface area contributed by atoms with Crippen LogP contribution in [0.4, 0.5) is 4.79 Å². The second-order valence-electron chi connectivity index (χ2n) is 12.5. The first-order chi connectivity index (χ1) is 19.4. The molecule has 1 aliphatic heterocycles. The Morgan fingerprint density at radius 1 is 1.05 bits per heavy atom. The first kappa shape index (κ1) is 29.1. The highest BCUT2D eigenvalue weighted by Crippen LogP contribution is 2.39. The summed E-state index contributed by atoms with van der Waals surface area (Å²) in [6.45, 7) is 12.0. The smallest absolute Gasteiger partial charge is 0.452 e. The Hall–Kier alpha value is -3.37. The molecule has 1 aromatic heterocycles. The zero-order valence-electron chi connectivity index (χ0n) is 25.1. The molecule has 2 amide bonds. The maximum absolute atomic E-state index is 13.6. The zero-order valence-corrected chi connectivity index (χ0v) is 25.1.